The Balaban J connectivity index is 1.85. The van der Waals surface area contributed by atoms with Gasteiger partial charge in [0, 0.05) is 33.2 Å². The number of anilines is 1. The van der Waals surface area contributed by atoms with Gasteiger partial charge in [-0.2, -0.15) is 4.39 Å². The minimum atomic E-state index is -0.481. The molecule has 0 spiro atoms. The fraction of sp³-hybridized carbons (Fsp3) is 0.538. The van der Waals surface area contributed by atoms with Crippen LogP contribution in [0.5, 0.6) is 0 Å². The molecule has 2 heterocycles. The predicted molar refractivity (Wildman–Crippen MR) is 71.5 cm³/mol. The number of hydrogen-bond acceptors (Lipinski definition) is 3. The first-order valence-corrected chi connectivity index (χ1v) is 6.41. The van der Waals surface area contributed by atoms with Crippen molar-refractivity contribution in [2.75, 3.05) is 32.5 Å². The Morgan fingerprint density at radius 2 is 2.11 bits per heavy atom. The second kappa shape index (κ2) is 5.86. The second-order valence-corrected chi connectivity index (χ2v) is 4.93. The van der Waals surface area contributed by atoms with E-state index < -0.39 is 5.95 Å². The van der Waals surface area contributed by atoms with Crippen molar-refractivity contribution in [1.29, 1.82) is 0 Å². The van der Waals surface area contributed by atoms with Gasteiger partial charge in [0.25, 0.3) is 0 Å². The third-order valence-electron chi connectivity index (χ3n) is 3.22. The van der Waals surface area contributed by atoms with Crippen molar-refractivity contribution < 1.29 is 9.18 Å². The molecular weight excluding hydrogens is 247 g/mol. The van der Waals surface area contributed by atoms with Crippen molar-refractivity contribution >= 4 is 11.8 Å². The lowest BCUT2D eigenvalue weighted by atomic mass is 10.1. The van der Waals surface area contributed by atoms with Crippen LogP contribution in [0.3, 0.4) is 0 Å². The summed E-state index contributed by atoms with van der Waals surface area (Å²) in [5, 5.41) is 3.21. The summed E-state index contributed by atoms with van der Waals surface area (Å²) in [6.45, 7) is 1.42. The maximum absolute atomic E-state index is 13.0. The van der Waals surface area contributed by atoms with E-state index in [0.717, 1.165) is 12.8 Å². The van der Waals surface area contributed by atoms with Crippen LogP contribution in [-0.4, -0.2) is 54.0 Å². The van der Waals surface area contributed by atoms with E-state index in [-0.39, 0.29) is 12.1 Å². The van der Waals surface area contributed by atoms with Gasteiger partial charge in [0.05, 0.1) is 0 Å². The van der Waals surface area contributed by atoms with Gasteiger partial charge in [-0.05, 0) is 25.0 Å². The monoisotopic (exact) mass is 266 g/mol. The predicted octanol–water partition coefficient (Wildman–Crippen LogP) is 1.78. The minimum absolute atomic E-state index is 0.0438. The summed E-state index contributed by atoms with van der Waals surface area (Å²) in [4.78, 5) is 19.0. The van der Waals surface area contributed by atoms with Gasteiger partial charge in [-0.25, -0.2) is 9.78 Å². The molecular formula is C13H19FN4O. The van der Waals surface area contributed by atoms with Gasteiger partial charge in [0.2, 0.25) is 5.95 Å². The van der Waals surface area contributed by atoms with Gasteiger partial charge in [-0.1, -0.05) is 6.07 Å². The van der Waals surface area contributed by atoms with E-state index in [1.54, 1.807) is 31.1 Å². The van der Waals surface area contributed by atoms with Gasteiger partial charge in [0.15, 0.2) is 0 Å². The molecule has 1 saturated heterocycles. The third kappa shape index (κ3) is 3.56. The topological polar surface area (TPSA) is 48.5 Å². The quantitative estimate of drug-likeness (QED) is 0.830. The molecule has 0 saturated carbocycles. The van der Waals surface area contributed by atoms with Crippen molar-refractivity contribution in [3.8, 4) is 0 Å². The van der Waals surface area contributed by atoms with Crippen LogP contribution in [0, 0.1) is 5.95 Å². The molecule has 104 valence electrons. The molecule has 0 aromatic carbocycles. The van der Waals surface area contributed by atoms with Gasteiger partial charge in [-0.3, -0.25) is 0 Å². The molecule has 1 aliphatic heterocycles. The molecule has 19 heavy (non-hydrogen) atoms. The molecule has 6 heteroatoms. The molecule has 0 aliphatic carbocycles. The standard InChI is InChI=1S/C13H19FN4O/c1-17(2)13(19)18-8-6-10(7-9-18)15-12-5-3-4-11(14)16-12/h3-5,10H,6-9H2,1-2H3,(H,15,16). The number of nitrogens with one attached hydrogen (secondary N) is 1. The summed E-state index contributed by atoms with van der Waals surface area (Å²) in [7, 11) is 3.51. The highest BCUT2D eigenvalue weighted by atomic mass is 19.1. The van der Waals surface area contributed by atoms with E-state index >= 15 is 0 Å². The number of carbonyl (C=O) groups is 1. The van der Waals surface area contributed by atoms with Crippen LogP contribution in [0.15, 0.2) is 18.2 Å². The largest absolute Gasteiger partial charge is 0.367 e. The minimum Gasteiger partial charge on any atom is -0.367 e. The number of aromatic nitrogens is 1. The van der Waals surface area contributed by atoms with Crippen LogP contribution in [0.1, 0.15) is 12.8 Å². The summed E-state index contributed by atoms with van der Waals surface area (Å²) in [5.74, 6) is 0.0719. The number of piperidine rings is 1. The van der Waals surface area contributed by atoms with E-state index in [1.165, 1.54) is 6.07 Å². The van der Waals surface area contributed by atoms with Gasteiger partial charge in [0.1, 0.15) is 5.82 Å². The Labute approximate surface area is 112 Å². The average molecular weight is 266 g/mol. The first kappa shape index (κ1) is 13.6. The highest BCUT2D eigenvalue weighted by molar-refractivity contribution is 5.73. The van der Waals surface area contributed by atoms with Crippen LogP contribution >= 0.6 is 0 Å². The summed E-state index contributed by atoms with van der Waals surface area (Å²) in [5.41, 5.74) is 0. The van der Waals surface area contributed by atoms with Crippen LogP contribution in [0.25, 0.3) is 0 Å². The number of halogens is 1. The Morgan fingerprint density at radius 1 is 1.42 bits per heavy atom. The van der Waals surface area contributed by atoms with E-state index in [0.29, 0.717) is 18.9 Å². The Hall–Kier alpha value is -1.85. The number of urea groups is 1. The number of carbonyl (C=O) groups excluding carboxylic acids is 1. The number of nitrogens with zero attached hydrogens (tertiary/aromatic N) is 3. The normalized spacial score (nSPS) is 16.3. The van der Waals surface area contributed by atoms with E-state index in [4.69, 9.17) is 0 Å². The van der Waals surface area contributed by atoms with Crippen molar-refractivity contribution in [3.05, 3.63) is 24.1 Å². The van der Waals surface area contributed by atoms with Gasteiger partial charge < -0.3 is 15.1 Å². The third-order valence-corrected chi connectivity index (χ3v) is 3.22. The maximum Gasteiger partial charge on any atom is 0.319 e. The van der Waals surface area contributed by atoms with Gasteiger partial charge in [-0.15, -0.1) is 0 Å². The lowest BCUT2D eigenvalue weighted by molar-refractivity contribution is 0.158. The molecule has 1 aliphatic rings. The van der Waals surface area contributed by atoms with Gasteiger partial charge >= 0.3 is 6.03 Å². The summed E-state index contributed by atoms with van der Waals surface area (Å²) in [6.07, 6.45) is 1.69. The maximum atomic E-state index is 13.0. The highest BCUT2D eigenvalue weighted by Gasteiger charge is 2.23. The zero-order chi connectivity index (χ0) is 13.8. The molecule has 0 unspecified atom stereocenters. The second-order valence-electron chi connectivity index (χ2n) is 4.93. The number of rotatable bonds is 2. The first-order valence-electron chi connectivity index (χ1n) is 6.41. The summed E-state index contributed by atoms with van der Waals surface area (Å²) in [6, 6.07) is 4.99. The lowest BCUT2D eigenvalue weighted by Gasteiger charge is -2.34. The molecule has 1 fully saturated rings. The van der Waals surface area contributed by atoms with Crippen molar-refractivity contribution in [2.24, 2.45) is 0 Å². The lowest BCUT2D eigenvalue weighted by Crippen LogP contribution is -2.46. The molecule has 2 rings (SSSR count). The fourth-order valence-corrected chi connectivity index (χ4v) is 2.20. The van der Waals surface area contributed by atoms with Crippen LogP contribution in [0.2, 0.25) is 0 Å². The van der Waals surface area contributed by atoms with Crippen LogP contribution < -0.4 is 5.32 Å². The first-order chi connectivity index (χ1) is 9.06. The zero-order valence-electron chi connectivity index (χ0n) is 11.3. The van der Waals surface area contributed by atoms with Crippen molar-refractivity contribution in [2.45, 2.75) is 18.9 Å². The molecule has 0 atom stereocenters. The molecule has 0 bridgehead atoms. The molecule has 5 nitrogen and oxygen atoms in total. The molecule has 1 N–H and O–H groups in total. The molecule has 1 aromatic rings. The summed E-state index contributed by atoms with van der Waals surface area (Å²) >= 11 is 0. The highest BCUT2D eigenvalue weighted by Crippen LogP contribution is 2.16. The SMILES string of the molecule is CN(C)C(=O)N1CCC(Nc2cccc(F)n2)CC1. The number of pyridine rings is 1. The van der Waals surface area contributed by atoms with E-state index in [9.17, 15) is 9.18 Å². The Morgan fingerprint density at radius 3 is 2.68 bits per heavy atom. The smallest absolute Gasteiger partial charge is 0.319 e. The van der Waals surface area contributed by atoms with E-state index in [1.807, 2.05) is 4.90 Å². The van der Waals surface area contributed by atoms with Crippen molar-refractivity contribution in [3.63, 3.8) is 0 Å². The number of likely N-dealkylation sites (tertiary alicyclic amines) is 1. The number of hydrogen-bond donors (Lipinski definition) is 1. The number of amides is 2. The van der Waals surface area contributed by atoms with Crippen molar-refractivity contribution in [1.82, 2.24) is 14.8 Å². The Kier molecular flexibility index (Phi) is 4.19. The zero-order valence-corrected chi connectivity index (χ0v) is 11.3. The van der Waals surface area contributed by atoms with Crippen LogP contribution in [-0.2, 0) is 0 Å². The van der Waals surface area contributed by atoms with Crippen LogP contribution in [0.4, 0.5) is 15.0 Å². The summed E-state index contributed by atoms with van der Waals surface area (Å²) < 4.78 is 13.0. The molecule has 2 amide bonds. The molecule has 1 aromatic heterocycles. The van der Waals surface area contributed by atoms with E-state index in [2.05, 4.69) is 10.3 Å². The Bertz CT molecular complexity index is 444. The molecule has 0 radical (unpaired) electrons. The fourth-order valence-electron chi connectivity index (χ4n) is 2.20. The average Bonchev–Trinajstić information content (AvgIpc) is 2.39.